The molecule has 2 aliphatic carbocycles. The summed E-state index contributed by atoms with van der Waals surface area (Å²) in [6.07, 6.45) is 6.31. The number of nitrogens with zero attached hydrogens (tertiary/aromatic N) is 1. The van der Waals surface area contributed by atoms with Gasteiger partial charge in [0.15, 0.2) is 0 Å². The van der Waals surface area contributed by atoms with E-state index in [2.05, 4.69) is 5.32 Å². The first-order valence-corrected chi connectivity index (χ1v) is 10.9. The van der Waals surface area contributed by atoms with E-state index in [1.807, 2.05) is 17.5 Å². The number of hydrogen-bond acceptors (Lipinski definition) is 3. The fourth-order valence-corrected chi connectivity index (χ4v) is 4.69. The van der Waals surface area contributed by atoms with E-state index in [1.54, 1.807) is 28.4 Å². The summed E-state index contributed by atoms with van der Waals surface area (Å²) in [6, 6.07) is 9.39. The van der Waals surface area contributed by atoms with Gasteiger partial charge in [-0.1, -0.05) is 31.0 Å². The molecule has 1 atom stereocenters. The molecule has 28 heavy (non-hydrogen) atoms. The third-order valence-electron chi connectivity index (χ3n) is 5.55. The van der Waals surface area contributed by atoms with Crippen molar-refractivity contribution in [2.24, 2.45) is 0 Å². The molecule has 6 heteroatoms. The van der Waals surface area contributed by atoms with Gasteiger partial charge in [0.1, 0.15) is 11.9 Å². The number of nitrogens with one attached hydrogen (secondary N) is 1. The number of halogens is 1. The van der Waals surface area contributed by atoms with Crippen molar-refractivity contribution in [3.05, 3.63) is 58.0 Å². The molecule has 2 amide bonds. The number of carbonyl (C=O) groups is 2. The fourth-order valence-electron chi connectivity index (χ4n) is 4.00. The lowest BCUT2D eigenvalue weighted by molar-refractivity contribution is -0.141. The van der Waals surface area contributed by atoms with Crippen LogP contribution in [0.3, 0.4) is 0 Å². The first-order chi connectivity index (χ1) is 13.6. The molecule has 1 N–H and O–H groups in total. The highest BCUT2D eigenvalue weighted by atomic mass is 32.1. The van der Waals surface area contributed by atoms with Gasteiger partial charge in [-0.15, -0.1) is 11.3 Å². The third kappa shape index (κ3) is 4.43. The molecular formula is C22H25FN2O2S. The van der Waals surface area contributed by atoms with Crippen molar-refractivity contribution in [1.29, 1.82) is 0 Å². The second-order valence-corrected chi connectivity index (χ2v) is 8.76. The van der Waals surface area contributed by atoms with Crippen molar-refractivity contribution in [3.63, 3.8) is 0 Å². The van der Waals surface area contributed by atoms with Crippen LogP contribution < -0.4 is 5.32 Å². The van der Waals surface area contributed by atoms with Crippen molar-refractivity contribution in [3.8, 4) is 0 Å². The smallest absolute Gasteiger partial charge is 0.247 e. The minimum Gasteiger partial charge on any atom is -0.351 e. The van der Waals surface area contributed by atoms with Gasteiger partial charge in [0.05, 0.1) is 6.42 Å². The first-order valence-electron chi connectivity index (χ1n) is 10.0. The van der Waals surface area contributed by atoms with Crippen LogP contribution in [0.5, 0.6) is 0 Å². The molecule has 0 spiro atoms. The standard InChI is InChI=1S/C22H25FN2O2S/c23-16-9-7-15(8-10-16)21(22(27)24-17-4-1-2-5-17)25(18-11-12-18)20(26)14-19-6-3-13-28-19/h3,6-10,13,17-18,21H,1-2,4-5,11-12,14H2,(H,24,27)/t21-/m1/s1. The van der Waals surface area contributed by atoms with Gasteiger partial charge in [0.25, 0.3) is 0 Å². The Bertz CT molecular complexity index is 812. The van der Waals surface area contributed by atoms with Gasteiger partial charge < -0.3 is 10.2 Å². The normalized spacial score (nSPS) is 18.0. The number of carbonyl (C=O) groups excluding carboxylic acids is 2. The van der Waals surface area contributed by atoms with Crippen molar-refractivity contribution in [2.75, 3.05) is 0 Å². The Hall–Kier alpha value is -2.21. The Kier molecular flexibility index (Phi) is 5.76. The Labute approximate surface area is 168 Å². The Morgan fingerprint density at radius 2 is 1.82 bits per heavy atom. The van der Waals surface area contributed by atoms with E-state index in [4.69, 9.17) is 0 Å². The summed E-state index contributed by atoms with van der Waals surface area (Å²) < 4.78 is 13.5. The summed E-state index contributed by atoms with van der Waals surface area (Å²) in [6.45, 7) is 0. The summed E-state index contributed by atoms with van der Waals surface area (Å²) in [5.74, 6) is -0.535. The lowest BCUT2D eigenvalue weighted by Gasteiger charge is -2.32. The number of hydrogen-bond donors (Lipinski definition) is 1. The highest BCUT2D eigenvalue weighted by Gasteiger charge is 2.41. The van der Waals surface area contributed by atoms with E-state index in [9.17, 15) is 14.0 Å². The Morgan fingerprint density at radius 1 is 1.11 bits per heavy atom. The Morgan fingerprint density at radius 3 is 2.43 bits per heavy atom. The molecule has 4 rings (SSSR count). The van der Waals surface area contributed by atoms with Crippen LogP contribution in [0.25, 0.3) is 0 Å². The summed E-state index contributed by atoms with van der Waals surface area (Å²) in [5, 5.41) is 5.10. The quantitative estimate of drug-likeness (QED) is 0.756. The van der Waals surface area contributed by atoms with Crippen LogP contribution in [0.4, 0.5) is 4.39 Å². The number of benzene rings is 1. The van der Waals surface area contributed by atoms with Gasteiger partial charge in [-0.05, 0) is 54.8 Å². The number of amides is 2. The van der Waals surface area contributed by atoms with Crippen molar-refractivity contribution in [1.82, 2.24) is 10.2 Å². The molecule has 2 aromatic rings. The SMILES string of the molecule is O=C(NC1CCCC1)[C@@H](c1ccc(F)cc1)N(C(=O)Cc1cccs1)C1CC1. The molecule has 0 aliphatic heterocycles. The average molecular weight is 401 g/mol. The predicted octanol–water partition coefficient (Wildman–Crippen LogP) is 4.22. The van der Waals surface area contributed by atoms with Gasteiger partial charge in [-0.2, -0.15) is 0 Å². The maximum Gasteiger partial charge on any atom is 0.247 e. The van der Waals surface area contributed by atoms with Gasteiger partial charge >= 0.3 is 0 Å². The largest absolute Gasteiger partial charge is 0.351 e. The zero-order valence-corrected chi connectivity index (χ0v) is 16.6. The summed E-state index contributed by atoms with van der Waals surface area (Å²) >= 11 is 1.55. The highest BCUT2D eigenvalue weighted by Crippen LogP contribution is 2.36. The van der Waals surface area contributed by atoms with Crippen molar-refractivity contribution >= 4 is 23.2 Å². The molecule has 4 nitrogen and oxygen atoms in total. The lowest BCUT2D eigenvalue weighted by Crippen LogP contribution is -2.47. The minimum absolute atomic E-state index is 0.0409. The topological polar surface area (TPSA) is 49.4 Å². The average Bonchev–Trinajstić information content (AvgIpc) is 3.14. The molecule has 148 valence electrons. The summed E-state index contributed by atoms with van der Waals surface area (Å²) in [5.41, 5.74) is 0.670. The van der Waals surface area contributed by atoms with E-state index in [-0.39, 0.29) is 29.7 Å². The van der Waals surface area contributed by atoms with E-state index in [1.165, 1.54) is 12.1 Å². The second kappa shape index (κ2) is 8.43. The van der Waals surface area contributed by atoms with Crippen LogP contribution in [0.15, 0.2) is 41.8 Å². The monoisotopic (exact) mass is 400 g/mol. The van der Waals surface area contributed by atoms with E-state index in [0.29, 0.717) is 12.0 Å². The van der Waals surface area contributed by atoms with E-state index >= 15 is 0 Å². The molecule has 1 heterocycles. The van der Waals surface area contributed by atoms with Gasteiger partial charge in [-0.3, -0.25) is 9.59 Å². The molecule has 0 unspecified atom stereocenters. The maximum atomic E-state index is 13.5. The zero-order chi connectivity index (χ0) is 19.5. The minimum atomic E-state index is -0.707. The number of thiophene rings is 1. The fraction of sp³-hybridized carbons (Fsp3) is 0.455. The van der Waals surface area contributed by atoms with Gasteiger partial charge in [0, 0.05) is 17.0 Å². The van der Waals surface area contributed by atoms with Gasteiger partial charge in [0.2, 0.25) is 11.8 Å². The molecule has 0 radical (unpaired) electrons. The van der Waals surface area contributed by atoms with Crippen molar-refractivity contribution < 1.29 is 14.0 Å². The molecule has 1 aromatic heterocycles. The molecule has 2 aliphatic rings. The summed E-state index contributed by atoms with van der Waals surface area (Å²) in [4.78, 5) is 29.2. The van der Waals surface area contributed by atoms with Crippen molar-refractivity contribution in [2.45, 2.75) is 63.1 Å². The van der Waals surface area contributed by atoms with Crippen LogP contribution in [0.1, 0.15) is 55.0 Å². The van der Waals surface area contributed by atoms with Gasteiger partial charge in [-0.25, -0.2) is 4.39 Å². The van der Waals surface area contributed by atoms with Crippen LogP contribution >= 0.6 is 11.3 Å². The summed E-state index contributed by atoms with van der Waals surface area (Å²) in [7, 11) is 0. The van der Waals surface area contributed by atoms with Crippen LogP contribution in [0.2, 0.25) is 0 Å². The van der Waals surface area contributed by atoms with E-state index < -0.39 is 6.04 Å². The molecule has 1 aromatic carbocycles. The predicted molar refractivity (Wildman–Crippen MR) is 107 cm³/mol. The third-order valence-corrected chi connectivity index (χ3v) is 6.42. The van der Waals surface area contributed by atoms with E-state index in [0.717, 1.165) is 43.4 Å². The molecule has 2 fully saturated rings. The van der Waals surface area contributed by atoms with Crippen LogP contribution in [-0.4, -0.2) is 28.8 Å². The molecule has 0 bridgehead atoms. The highest BCUT2D eigenvalue weighted by molar-refractivity contribution is 7.10. The number of rotatable bonds is 7. The Balaban J connectivity index is 1.61. The second-order valence-electron chi connectivity index (χ2n) is 7.73. The first kappa shape index (κ1) is 19.1. The maximum absolute atomic E-state index is 13.5. The van der Waals surface area contributed by atoms with Crippen LogP contribution in [-0.2, 0) is 16.0 Å². The molecule has 2 saturated carbocycles. The molecular weight excluding hydrogens is 375 g/mol. The lowest BCUT2D eigenvalue weighted by atomic mass is 10.0. The van der Waals surface area contributed by atoms with Crippen LogP contribution in [0, 0.1) is 5.82 Å². The molecule has 0 saturated heterocycles. The zero-order valence-electron chi connectivity index (χ0n) is 15.8.